The maximum Gasteiger partial charge on any atom is 0.224 e. The normalized spacial score (nSPS) is 10.0. The van der Waals surface area contributed by atoms with Crippen LogP contribution in [0, 0.1) is 0 Å². The van der Waals surface area contributed by atoms with Crippen LogP contribution >= 0.6 is 0 Å². The Bertz CT molecular complexity index is 719. The quantitative estimate of drug-likeness (QED) is 0.810. The molecule has 0 fully saturated rings. The number of anilines is 2. The van der Waals surface area contributed by atoms with E-state index in [0.29, 0.717) is 35.7 Å². The number of carbonyl (C=O) groups excluding carboxylic acids is 2. The molecule has 0 aliphatic rings. The first-order chi connectivity index (χ1) is 12.0. The molecule has 0 aliphatic carbocycles. The van der Waals surface area contributed by atoms with E-state index in [4.69, 9.17) is 9.47 Å². The van der Waals surface area contributed by atoms with Crippen molar-refractivity contribution < 1.29 is 19.1 Å². The largest absolute Gasteiger partial charge is 0.496 e. The predicted octanol–water partition coefficient (Wildman–Crippen LogP) is 3.23. The van der Waals surface area contributed by atoms with E-state index in [1.807, 2.05) is 18.2 Å². The first-order valence-electron chi connectivity index (χ1n) is 7.91. The van der Waals surface area contributed by atoms with Gasteiger partial charge in [0.15, 0.2) is 0 Å². The Balaban J connectivity index is 1.96. The molecule has 0 saturated carbocycles. The number of methoxy groups -OCH3 is 2. The fraction of sp³-hybridized carbons (Fsp3) is 0.263. The van der Waals surface area contributed by atoms with Gasteiger partial charge in [0.25, 0.3) is 0 Å². The van der Waals surface area contributed by atoms with Crippen molar-refractivity contribution >= 4 is 23.2 Å². The molecule has 25 heavy (non-hydrogen) atoms. The lowest BCUT2D eigenvalue weighted by atomic mass is 10.1. The molecule has 2 aromatic carbocycles. The number of ether oxygens (including phenoxy) is 2. The summed E-state index contributed by atoms with van der Waals surface area (Å²) in [4.78, 5) is 23.2. The fourth-order valence-corrected chi connectivity index (χ4v) is 2.48. The number of rotatable bonds is 7. The molecule has 0 radical (unpaired) electrons. The number of amides is 2. The van der Waals surface area contributed by atoms with Crippen LogP contribution in [0.3, 0.4) is 0 Å². The van der Waals surface area contributed by atoms with E-state index in [1.54, 1.807) is 38.5 Å². The first-order valence-corrected chi connectivity index (χ1v) is 7.91. The minimum absolute atomic E-state index is 0.111. The van der Waals surface area contributed by atoms with E-state index in [9.17, 15) is 9.59 Å². The molecule has 0 bridgehead atoms. The second-order valence-electron chi connectivity index (χ2n) is 5.45. The molecule has 0 unspecified atom stereocenters. The Hall–Kier alpha value is -3.02. The van der Waals surface area contributed by atoms with Crippen LogP contribution in [0.15, 0.2) is 42.5 Å². The first kappa shape index (κ1) is 18.3. The number of benzene rings is 2. The van der Waals surface area contributed by atoms with Crippen molar-refractivity contribution in [2.45, 2.75) is 19.8 Å². The fourth-order valence-electron chi connectivity index (χ4n) is 2.48. The summed E-state index contributed by atoms with van der Waals surface area (Å²) in [5.74, 6) is 1.15. The third kappa shape index (κ3) is 5.24. The maximum absolute atomic E-state index is 12.2. The molecule has 2 aromatic rings. The van der Waals surface area contributed by atoms with E-state index in [2.05, 4.69) is 10.6 Å². The highest BCUT2D eigenvalue weighted by Crippen LogP contribution is 2.29. The molecule has 0 spiro atoms. The van der Waals surface area contributed by atoms with Crippen LogP contribution in [0.5, 0.6) is 11.5 Å². The summed E-state index contributed by atoms with van der Waals surface area (Å²) in [5.41, 5.74) is 2.22. The Morgan fingerprint density at radius 2 is 1.40 bits per heavy atom. The van der Waals surface area contributed by atoms with Crippen LogP contribution in [-0.4, -0.2) is 26.0 Å². The van der Waals surface area contributed by atoms with Crippen molar-refractivity contribution in [1.29, 1.82) is 0 Å². The molecule has 2 rings (SSSR count). The lowest BCUT2D eigenvalue weighted by molar-refractivity contribution is -0.116. The van der Waals surface area contributed by atoms with Gasteiger partial charge in [0.1, 0.15) is 11.5 Å². The van der Waals surface area contributed by atoms with Crippen LogP contribution in [0.4, 0.5) is 11.4 Å². The van der Waals surface area contributed by atoms with Gasteiger partial charge in [-0.3, -0.25) is 9.59 Å². The Morgan fingerprint density at radius 1 is 0.880 bits per heavy atom. The van der Waals surface area contributed by atoms with E-state index in [0.717, 1.165) is 5.56 Å². The molecule has 2 amide bonds. The van der Waals surface area contributed by atoms with Gasteiger partial charge in [-0.25, -0.2) is 0 Å². The molecule has 6 nitrogen and oxygen atoms in total. The maximum atomic E-state index is 12.2. The minimum atomic E-state index is -0.137. The van der Waals surface area contributed by atoms with Crippen LogP contribution in [0.2, 0.25) is 0 Å². The molecule has 0 aliphatic heterocycles. The highest BCUT2D eigenvalue weighted by molar-refractivity contribution is 5.92. The zero-order chi connectivity index (χ0) is 18.2. The molecule has 6 heteroatoms. The summed E-state index contributed by atoms with van der Waals surface area (Å²) >= 11 is 0. The van der Waals surface area contributed by atoms with Crippen molar-refractivity contribution in [3.05, 3.63) is 48.0 Å². The molecule has 0 aromatic heterocycles. The van der Waals surface area contributed by atoms with Crippen LogP contribution in [0.25, 0.3) is 0 Å². The zero-order valence-corrected chi connectivity index (χ0v) is 14.6. The predicted molar refractivity (Wildman–Crippen MR) is 97.2 cm³/mol. The molecule has 0 saturated heterocycles. The van der Waals surface area contributed by atoms with Gasteiger partial charge in [-0.1, -0.05) is 6.07 Å². The summed E-state index contributed by atoms with van der Waals surface area (Å²) in [5, 5.41) is 5.51. The van der Waals surface area contributed by atoms with E-state index in [-0.39, 0.29) is 11.8 Å². The van der Waals surface area contributed by atoms with Gasteiger partial charge in [0.2, 0.25) is 11.8 Å². The highest BCUT2D eigenvalue weighted by Gasteiger charge is 2.12. The van der Waals surface area contributed by atoms with Gasteiger partial charge >= 0.3 is 0 Å². The third-order valence-electron chi connectivity index (χ3n) is 3.62. The van der Waals surface area contributed by atoms with Crippen LogP contribution in [-0.2, 0) is 16.0 Å². The summed E-state index contributed by atoms with van der Waals surface area (Å²) in [6.07, 6.45) is 0.799. The number of hydrogen-bond donors (Lipinski definition) is 2. The van der Waals surface area contributed by atoms with Crippen molar-refractivity contribution in [3.8, 4) is 11.5 Å². The van der Waals surface area contributed by atoms with Crippen molar-refractivity contribution in [2.75, 3.05) is 24.9 Å². The van der Waals surface area contributed by atoms with Crippen LogP contribution in [0.1, 0.15) is 18.9 Å². The van der Waals surface area contributed by atoms with Gasteiger partial charge in [0, 0.05) is 30.3 Å². The average molecular weight is 342 g/mol. The molecule has 0 atom stereocenters. The zero-order valence-electron chi connectivity index (χ0n) is 14.6. The van der Waals surface area contributed by atoms with Gasteiger partial charge in [0.05, 0.1) is 14.2 Å². The van der Waals surface area contributed by atoms with Gasteiger partial charge in [-0.05, 0) is 42.8 Å². The average Bonchev–Trinajstić information content (AvgIpc) is 2.60. The summed E-state index contributed by atoms with van der Waals surface area (Å²) < 4.78 is 10.7. The van der Waals surface area contributed by atoms with Gasteiger partial charge in [-0.15, -0.1) is 0 Å². The van der Waals surface area contributed by atoms with Gasteiger partial charge < -0.3 is 20.1 Å². The van der Waals surface area contributed by atoms with Crippen molar-refractivity contribution in [2.24, 2.45) is 0 Å². The summed E-state index contributed by atoms with van der Waals surface area (Å²) in [6.45, 7) is 1.45. The Morgan fingerprint density at radius 3 is 1.88 bits per heavy atom. The summed E-state index contributed by atoms with van der Waals surface area (Å²) in [7, 11) is 3.18. The van der Waals surface area contributed by atoms with Crippen molar-refractivity contribution in [1.82, 2.24) is 0 Å². The molecular formula is C19H22N2O4. The van der Waals surface area contributed by atoms with Crippen LogP contribution < -0.4 is 20.1 Å². The topological polar surface area (TPSA) is 76.7 Å². The van der Waals surface area contributed by atoms with Gasteiger partial charge in [-0.2, -0.15) is 0 Å². The van der Waals surface area contributed by atoms with Crippen molar-refractivity contribution in [3.63, 3.8) is 0 Å². The Kier molecular flexibility index (Phi) is 6.39. The Labute approximate surface area is 147 Å². The molecular weight excluding hydrogens is 320 g/mol. The molecule has 2 N–H and O–H groups in total. The number of hydrogen-bond acceptors (Lipinski definition) is 4. The minimum Gasteiger partial charge on any atom is -0.496 e. The lowest BCUT2D eigenvalue weighted by Crippen LogP contribution is -2.13. The monoisotopic (exact) mass is 342 g/mol. The second kappa shape index (κ2) is 8.73. The lowest BCUT2D eigenvalue weighted by Gasteiger charge is -2.13. The molecule has 132 valence electrons. The van der Waals surface area contributed by atoms with E-state index < -0.39 is 0 Å². The van der Waals surface area contributed by atoms with E-state index in [1.165, 1.54) is 6.92 Å². The second-order valence-corrected chi connectivity index (χ2v) is 5.45. The summed E-state index contributed by atoms with van der Waals surface area (Å²) in [6, 6.07) is 12.5. The molecule has 0 heterocycles. The SMILES string of the molecule is COc1cccc(OC)c1CCC(=O)Nc1ccc(NC(C)=O)cc1. The smallest absolute Gasteiger partial charge is 0.224 e. The standard InChI is InChI=1S/C19H22N2O4/c1-13(22)20-14-7-9-15(10-8-14)21-19(23)12-11-16-17(24-2)5-4-6-18(16)25-3/h4-10H,11-12H2,1-3H3,(H,20,22)(H,21,23). The third-order valence-corrected chi connectivity index (χ3v) is 3.62. The number of carbonyl (C=O) groups is 2. The number of nitrogens with one attached hydrogen (secondary N) is 2. The van der Waals surface area contributed by atoms with E-state index >= 15 is 0 Å². The highest BCUT2D eigenvalue weighted by atomic mass is 16.5.